The average molecular weight is 285 g/mol. The van der Waals surface area contributed by atoms with Crippen molar-refractivity contribution in [2.75, 3.05) is 25.6 Å². The Morgan fingerprint density at radius 3 is 2.63 bits per heavy atom. The Morgan fingerprint density at radius 1 is 1.42 bits per heavy atom. The van der Waals surface area contributed by atoms with Gasteiger partial charge in [0.15, 0.2) is 11.5 Å². The molecule has 1 N–H and O–H groups in total. The van der Waals surface area contributed by atoms with Crippen molar-refractivity contribution in [3.05, 3.63) is 22.2 Å². The molecule has 0 aliphatic carbocycles. The van der Waals surface area contributed by atoms with E-state index in [1.165, 1.54) is 17.8 Å². The second-order valence-electron chi connectivity index (χ2n) is 4.32. The maximum absolute atomic E-state index is 11.1. The number of hydrogen-bond acceptors (Lipinski definition) is 6. The second-order valence-corrected chi connectivity index (χ2v) is 5.38. The molecule has 2 rings (SSSR count). The molecule has 104 valence electrons. The third kappa shape index (κ3) is 3.30. The third-order valence-electron chi connectivity index (χ3n) is 2.66. The van der Waals surface area contributed by atoms with Crippen LogP contribution in [0, 0.1) is 16.0 Å². The van der Waals surface area contributed by atoms with Crippen molar-refractivity contribution in [1.82, 2.24) is 0 Å². The van der Waals surface area contributed by atoms with Crippen LogP contribution in [0.4, 0.5) is 5.69 Å². The van der Waals surface area contributed by atoms with Crippen LogP contribution in [-0.4, -0.2) is 35.6 Å². The summed E-state index contributed by atoms with van der Waals surface area (Å²) in [5.41, 5.74) is 0.0133. The topological polar surface area (TPSA) is 81.8 Å². The van der Waals surface area contributed by atoms with Crippen molar-refractivity contribution < 1.29 is 19.5 Å². The van der Waals surface area contributed by atoms with Gasteiger partial charge in [-0.1, -0.05) is 6.92 Å². The maximum atomic E-state index is 11.1. The largest absolute Gasteiger partial charge is 0.486 e. The smallest absolute Gasteiger partial charge is 0.286 e. The highest BCUT2D eigenvalue weighted by atomic mass is 32.2. The van der Waals surface area contributed by atoms with Gasteiger partial charge in [0.05, 0.1) is 15.9 Å². The molecule has 6 nitrogen and oxygen atoms in total. The summed E-state index contributed by atoms with van der Waals surface area (Å²) in [6.07, 6.45) is 0. The van der Waals surface area contributed by atoms with Gasteiger partial charge in [-0.05, 0) is 5.92 Å². The van der Waals surface area contributed by atoms with Crippen molar-refractivity contribution in [3.8, 4) is 11.5 Å². The lowest BCUT2D eigenvalue weighted by atomic mass is 10.2. The van der Waals surface area contributed by atoms with Crippen molar-refractivity contribution in [2.24, 2.45) is 5.92 Å². The van der Waals surface area contributed by atoms with Gasteiger partial charge in [0.25, 0.3) is 5.69 Å². The van der Waals surface area contributed by atoms with Crippen LogP contribution in [0.2, 0.25) is 0 Å². The molecule has 1 heterocycles. The van der Waals surface area contributed by atoms with Gasteiger partial charge in [0.2, 0.25) is 0 Å². The Kier molecular flexibility index (Phi) is 4.49. The number of nitro benzene ring substituents is 1. The van der Waals surface area contributed by atoms with Gasteiger partial charge in [-0.3, -0.25) is 10.1 Å². The molecule has 0 radical (unpaired) electrons. The van der Waals surface area contributed by atoms with Crippen molar-refractivity contribution in [2.45, 2.75) is 11.8 Å². The molecule has 1 aliphatic heterocycles. The number of thioether (sulfide) groups is 1. The van der Waals surface area contributed by atoms with E-state index in [2.05, 4.69) is 0 Å². The predicted octanol–water partition coefficient (Wildman–Crippen LogP) is 2.09. The van der Waals surface area contributed by atoms with Crippen LogP contribution < -0.4 is 9.47 Å². The molecule has 0 amide bonds. The number of ether oxygens (including phenoxy) is 2. The van der Waals surface area contributed by atoms with Gasteiger partial charge in [0.1, 0.15) is 13.2 Å². The van der Waals surface area contributed by atoms with Crippen molar-refractivity contribution >= 4 is 17.4 Å². The van der Waals surface area contributed by atoms with Gasteiger partial charge in [0, 0.05) is 18.4 Å². The normalized spacial score (nSPS) is 15.1. The third-order valence-corrected chi connectivity index (χ3v) is 4.03. The first kappa shape index (κ1) is 14.0. The number of fused-ring (bicyclic) bond motifs is 1. The van der Waals surface area contributed by atoms with E-state index in [1.54, 1.807) is 6.07 Å². The van der Waals surface area contributed by atoms with Crippen LogP contribution in [0.1, 0.15) is 6.92 Å². The highest BCUT2D eigenvalue weighted by Crippen LogP contribution is 2.41. The van der Waals surface area contributed by atoms with Crippen LogP contribution >= 0.6 is 11.8 Å². The minimum Gasteiger partial charge on any atom is -0.486 e. The molecule has 1 unspecified atom stereocenters. The zero-order valence-electron chi connectivity index (χ0n) is 10.5. The first-order chi connectivity index (χ1) is 9.11. The van der Waals surface area contributed by atoms with Gasteiger partial charge < -0.3 is 14.6 Å². The average Bonchev–Trinajstić information content (AvgIpc) is 2.43. The lowest BCUT2D eigenvalue weighted by Crippen LogP contribution is -2.15. The van der Waals surface area contributed by atoms with E-state index < -0.39 is 4.92 Å². The first-order valence-corrected chi connectivity index (χ1v) is 6.92. The van der Waals surface area contributed by atoms with E-state index in [0.717, 1.165) is 0 Å². The molecule has 1 atom stereocenters. The van der Waals surface area contributed by atoms with E-state index >= 15 is 0 Å². The standard InChI is InChI=1S/C12H15NO5S/c1-8(6-14)7-19-12-5-11-10(17-2-3-18-11)4-9(12)13(15)16/h4-5,8,14H,2-3,6-7H2,1H3. The van der Waals surface area contributed by atoms with Gasteiger partial charge >= 0.3 is 0 Å². The number of rotatable bonds is 5. The predicted molar refractivity (Wildman–Crippen MR) is 71.1 cm³/mol. The number of aliphatic hydroxyl groups is 1. The summed E-state index contributed by atoms with van der Waals surface area (Å²) in [6, 6.07) is 3.04. The summed E-state index contributed by atoms with van der Waals surface area (Å²) in [5, 5.41) is 20.1. The molecule has 0 saturated heterocycles. The minimum atomic E-state index is -0.426. The fraction of sp³-hybridized carbons (Fsp3) is 0.500. The molecule has 0 fully saturated rings. The summed E-state index contributed by atoms with van der Waals surface area (Å²) < 4.78 is 10.8. The molecular formula is C12H15NO5S. The maximum Gasteiger partial charge on any atom is 0.286 e. The molecule has 7 heteroatoms. The fourth-order valence-electron chi connectivity index (χ4n) is 1.60. The molecule has 1 aromatic carbocycles. The van der Waals surface area contributed by atoms with Crippen molar-refractivity contribution in [1.29, 1.82) is 0 Å². The number of nitrogens with zero attached hydrogens (tertiary/aromatic N) is 1. The summed E-state index contributed by atoms with van der Waals surface area (Å²) in [4.78, 5) is 11.2. The monoisotopic (exact) mass is 285 g/mol. The quantitative estimate of drug-likeness (QED) is 0.507. The van der Waals surface area contributed by atoms with E-state index in [1.807, 2.05) is 6.92 Å². The SMILES string of the molecule is CC(CO)CSc1cc2c(cc1[N+](=O)[O-])OCCO2. The van der Waals surface area contributed by atoms with Crippen LogP contribution in [0.5, 0.6) is 11.5 Å². The highest BCUT2D eigenvalue weighted by molar-refractivity contribution is 7.99. The Balaban J connectivity index is 2.26. The minimum absolute atomic E-state index is 0.0133. The van der Waals surface area contributed by atoms with Crippen LogP contribution in [-0.2, 0) is 0 Å². The highest BCUT2D eigenvalue weighted by Gasteiger charge is 2.22. The van der Waals surface area contributed by atoms with Gasteiger partial charge in [-0.2, -0.15) is 0 Å². The van der Waals surface area contributed by atoms with Crippen LogP contribution in [0.25, 0.3) is 0 Å². The number of benzene rings is 1. The summed E-state index contributed by atoms with van der Waals surface area (Å²) in [7, 11) is 0. The number of nitro groups is 1. The number of hydrogen-bond donors (Lipinski definition) is 1. The molecular weight excluding hydrogens is 270 g/mol. The lowest BCUT2D eigenvalue weighted by molar-refractivity contribution is -0.387. The molecule has 1 aliphatic rings. The van der Waals surface area contributed by atoms with E-state index in [4.69, 9.17) is 14.6 Å². The summed E-state index contributed by atoms with van der Waals surface area (Å²) in [5.74, 6) is 1.64. The summed E-state index contributed by atoms with van der Waals surface area (Å²) >= 11 is 1.34. The Labute approximate surface area is 114 Å². The first-order valence-electron chi connectivity index (χ1n) is 5.93. The zero-order valence-corrected chi connectivity index (χ0v) is 11.3. The van der Waals surface area contributed by atoms with Gasteiger partial charge in [-0.15, -0.1) is 11.8 Å². The second kappa shape index (κ2) is 6.12. The number of aliphatic hydroxyl groups excluding tert-OH is 1. The van der Waals surface area contributed by atoms with Gasteiger partial charge in [-0.25, -0.2) is 0 Å². The van der Waals surface area contributed by atoms with E-state index in [-0.39, 0.29) is 18.2 Å². The van der Waals surface area contributed by atoms with E-state index in [0.29, 0.717) is 35.4 Å². The Bertz CT molecular complexity index is 479. The molecule has 1 aromatic rings. The van der Waals surface area contributed by atoms with Crippen LogP contribution in [0.15, 0.2) is 17.0 Å². The van der Waals surface area contributed by atoms with E-state index in [9.17, 15) is 10.1 Å². The Morgan fingerprint density at radius 2 is 2.05 bits per heavy atom. The lowest BCUT2D eigenvalue weighted by Gasteiger charge is -2.19. The summed E-state index contributed by atoms with van der Waals surface area (Å²) in [6.45, 7) is 2.79. The molecule has 0 bridgehead atoms. The zero-order chi connectivity index (χ0) is 13.8. The molecule has 0 saturated carbocycles. The molecule has 0 spiro atoms. The van der Waals surface area contributed by atoms with Crippen molar-refractivity contribution in [3.63, 3.8) is 0 Å². The molecule has 19 heavy (non-hydrogen) atoms. The molecule has 0 aromatic heterocycles. The Hall–Kier alpha value is -1.47. The fourth-order valence-corrected chi connectivity index (χ4v) is 2.64. The van der Waals surface area contributed by atoms with Crippen LogP contribution in [0.3, 0.4) is 0 Å².